The first kappa shape index (κ1) is 13.9. The van der Waals surface area contributed by atoms with Crippen LogP contribution in [0.25, 0.3) is 0 Å². The van der Waals surface area contributed by atoms with E-state index in [0.717, 1.165) is 38.8 Å². The summed E-state index contributed by atoms with van der Waals surface area (Å²) in [5, 5.41) is 3.23. The number of rotatable bonds is 4. The van der Waals surface area contributed by atoms with Gasteiger partial charge in [0.2, 0.25) is 0 Å². The maximum Gasteiger partial charge on any atom is 0.185 e. The minimum Gasteiger partial charge on any atom is -0.346 e. The minimum atomic E-state index is 0.234. The number of aromatic nitrogens is 1. The Morgan fingerprint density at radius 3 is 2.67 bits per heavy atom. The summed E-state index contributed by atoms with van der Waals surface area (Å²) in [5.41, 5.74) is 6.45. The Bertz CT molecular complexity index is 466. The second-order valence-electron chi connectivity index (χ2n) is 6.67. The summed E-state index contributed by atoms with van der Waals surface area (Å²) in [6, 6.07) is 0.870. The molecule has 1 saturated carbocycles. The molecule has 0 radical (unpaired) electrons. The zero-order valence-electron chi connectivity index (χ0n) is 12.6. The lowest BCUT2D eigenvalue weighted by Crippen LogP contribution is -2.61. The number of piperazine rings is 1. The second kappa shape index (κ2) is 5.50. The van der Waals surface area contributed by atoms with Crippen LogP contribution in [0.4, 0.5) is 5.13 Å². The monoisotopic (exact) mass is 307 g/mol. The zero-order valence-corrected chi connectivity index (χ0v) is 13.4. The maximum absolute atomic E-state index is 6.22. The van der Waals surface area contributed by atoms with Crippen LogP contribution in [0, 0.1) is 0 Å². The normalized spacial score (nSPS) is 32.0. The number of nitrogens with zero attached hydrogens (tertiary/aromatic N) is 4. The second-order valence-corrected chi connectivity index (χ2v) is 7.54. The quantitative estimate of drug-likeness (QED) is 0.893. The standard InChI is InChI=1S/C15H25N5S/c16-11-15(3-5-19(12-15)13-1-2-13)20-8-6-18(7-9-20)14-17-4-10-21-14/h4,10,13H,1-3,5-9,11-12,16H2. The number of thiazole rings is 1. The van der Waals surface area contributed by atoms with Crippen LogP contribution in [-0.2, 0) is 0 Å². The molecule has 116 valence electrons. The van der Waals surface area contributed by atoms with Crippen molar-refractivity contribution in [3.63, 3.8) is 0 Å². The molecule has 21 heavy (non-hydrogen) atoms. The summed E-state index contributed by atoms with van der Waals surface area (Å²) in [6.07, 6.45) is 5.95. The van der Waals surface area contributed by atoms with Crippen molar-refractivity contribution in [2.45, 2.75) is 30.8 Å². The fourth-order valence-electron chi connectivity index (χ4n) is 3.94. The summed E-state index contributed by atoms with van der Waals surface area (Å²) in [6.45, 7) is 7.63. The summed E-state index contributed by atoms with van der Waals surface area (Å²) in [4.78, 5) is 12.2. The molecule has 2 aliphatic heterocycles. The van der Waals surface area contributed by atoms with E-state index in [1.54, 1.807) is 11.3 Å². The van der Waals surface area contributed by atoms with Crippen molar-refractivity contribution < 1.29 is 0 Å². The molecule has 2 N–H and O–H groups in total. The van der Waals surface area contributed by atoms with Crippen LogP contribution < -0.4 is 10.6 Å². The lowest BCUT2D eigenvalue weighted by atomic mass is 9.95. The van der Waals surface area contributed by atoms with Gasteiger partial charge in [-0.05, 0) is 19.3 Å². The largest absolute Gasteiger partial charge is 0.346 e. The molecular formula is C15H25N5S. The number of likely N-dealkylation sites (tertiary alicyclic amines) is 1. The van der Waals surface area contributed by atoms with Gasteiger partial charge >= 0.3 is 0 Å². The third kappa shape index (κ3) is 2.59. The van der Waals surface area contributed by atoms with Crippen LogP contribution in [0.1, 0.15) is 19.3 Å². The number of nitrogens with two attached hydrogens (primary N) is 1. The summed E-state index contributed by atoms with van der Waals surface area (Å²) in [7, 11) is 0. The Hall–Kier alpha value is -0.690. The Balaban J connectivity index is 1.40. The van der Waals surface area contributed by atoms with Crippen molar-refractivity contribution >= 4 is 16.5 Å². The molecule has 1 aromatic heterocycles. The highest BCUT2D eigenvalue weighted by Gasteiger charge is 2.46. The van der Waals surface area contributed by atoms with Crippen molar-refractivity contribution in [3.8, 4) is 0 Å². The van der Waals surface area contributed by atoms with Gasteiger partial charge in [-0.2, -0.15) is 0 Å². The van der Waals surface area contributed by atoms with E-state index in [0.29, 0.717) is 0 Å². The van der Waals surface area contributed by atoms with Crippen LogP contribution in [0.15, 0.2) is 11.6 Å². The van der Waals surface area contributed by atoms with Crippen LogP contribution in [0.2, 0.25) is 0 Å². The Labute approximate surface area is 130 Å². The summed E-state index contributed by atoms with van der Waals surface area (Å²) >= 11 is 1.74. The fourth-order valence-corrected chi connectivity index (χ4v) is 4.63. The van der Waals surface area contributed by atoms with E-state index in [1.165, 1.54) is 37.5 Å². The first-order valence-corrected chi connectivity index (χ1v) is 9.02. The first-order valence-electron chi connectivity index (χ1n) is 8.14. The molecule has 0 bridgehead atoms. The van der Waals surface area contributed by atoms with E-state index >= 15 is 0 Å². The molecule has 1 atom stereocenters. The molecule has 3 heterocycles. The first-order chi connectivity index (χ1) is 10.3. The number of hydrogen-bond acceptors (Lipinski definition) is 6. The van der Waals surface area contributed by atoms with Crippen molar-refractivity contribution in [2.75, 3.05) is 50.7 Å². The van der Waals surface area contributed by atoms with Gasteiger partial charge in [-0.25, -0.2) is 4.98 Å². The molecule has 1 aromatic rings. The average Bonchev–Trinajstić information content (AvgIpc) is 3.06. The van der Waals surface area contributed by atoms with Crippen LogP contribution in [0.3, 0.4) is 0 Å². The van der Waals surface area contributed by atoms with Crippen LogP contribution in [-0.4, -0.2) is 72.2 Å². The Morgan fingerprint density at radius 1 is 1.24 bits per heavy atom. The predicted molar refractivity (Wildman–Crippen MR) is 86.9 cm³/mol. The molecular weight excluding hydrogens is 282 g/mol. The van der Waals surface area contributed by atoms with Gasteiger partial charge < -0.3 is 10.6 Å². The molecule has 3 fully saturated rings. The van der Waals surface area contributed by atoms with Crippen molar-refractivity contribution in [1.29, 1.82) is 0 Å². The van der Waals surface area contributed by atoms with E-state index in [-0.39, 0.29) is 5.54 Å². The third-order valence-corrected chi connectivity index (χ3v) is 6.28. The molecule has 1 unspecified atom stereocenters. The molecule has 3 aliphatic rings. The summed E-state index contributed by atoms with van der Waals surface area (Å²) in [5.74, 6) is 0. The molecule has 5 nitrogen and oxygen atoms in total. The highest BCUT2D eigenvalue weighted by molar-refractivity contribution is 7.13. The fraction of sp³-hybridized carbons (Fsp3) is 0.800. The Morgan fingerprint density at radius 2 is 2.05 bits per heavy atom. The number of hydrogen-bond donors (Lipinski definition) is 1. The molecule has 0 spiro atoms. The van der Waals surface area contributed by atoms with Gasteiger partial charge in [0, 0.05) is 69.0 Å². The van der Waals surface area contributed by atoms with E-state index in [4.69, 9.17) is 5.73 Å². The van der Waals surface area contributed by atoms with Gasteiger partial charge in [-0.1, -0.05) is 0 Å². The van der Waals surface area contributed by atoms with E-state index in [1.807, 2.05) is 6.20 Å². The zero-order chi connectivity index (χ0) is 14.3. The highest BCUT2D eigenvalue weighted by Crippen LogP contribution is 2.36. The van der Waals surface area contributed by atoms with Crippen molar-refractivity contribution in [1.82, 2.24) is 14.8 Å². The SMILES string of the molecule is NCC1(N2CCN(c3nccs3)CC2)CCN(C2CC2)C1. The average molecular weight is 307 g/mol. The number of anilines is 1. The van der Waals surface area contributed by atoms with E-state index in [9.17, 15) is 0 Å². The van der Waals surface area contributed by atoms with Gasteiger partial charge in [0.05, 0.1) is 0 Å². The molecule has 0 amide bonds. The maximum atomic E-state index is 6.22. The van der Waals surface area contributed by atoms with Crippen LogP contribution in [0.5, 0.6) is 0 Å². The topological polar surface area (TPSA) is 48.6 Å². The van der Waals surface area contributed by atoms with Crippen LogP contribution >= 0.6 is 11.3 Å². The van der Waals surface area contributed by atoms with Gasteiger partial charge in [-0.15, -0.1) is 11.3 Å². The van der Waals surface area contributed by atoms with E-state index in [2.05, 4.69) is 25.1 Å². The molecule has 4 rings (SSSR count). The van der Waals surface area contributed by atoms with E-state index < -0.39 is 0 Å². The lowest BCUT2D eigenvalue weighted by Gasteiger charge is -2.45. The van der Waals surface area contributed by atoms with Crippen molar-refractivity contribution in [2.24, 2.45) is 5.73 Å². The molecule has 1 aliphatic carbocycles. The van der Waals surface area contributed by atoms with Crippen molar-refractivity contribution in [3.05, 3.63) is 11.6 Å². The van der Waals surface area contributed by atoms with Gasteiger partial charge in [0.15, 0.2) is 5.13 Å². The molecule has 0 aromatic carbocycles. The minimum absolute atomic E-state index is 0.234. The molecule has 2 saturated heterocycles. The predicted octanol–water partition coefficient (Wildman–Crippen LogP) is 0.831. The smallest absolute Gasteiger partial charge is 0.185 e. The Kier molecular flexibility index (Phi) is 3.65. The molecule has 6 heteroatoms. The third-order valence-electron chi connectivity index (χ3n) is 5.45. The van der Waals surface area contributed by atoms with Gasteiger partial charge in [-0.3, -0.25) is 9.80 Å². The summed E-state index contributed by atoms with van der Waals surface area (Å²) < 4.78 is 0. The highest BCUT2D eigenvalue weighted by atomic mass is 32.1. The lowest BCUT2D eigenvalue weighted by molar-refractivity contribution is 0.0907. The van der Waals surface area contributed by atoms with Gasteiger partial charge in [0.25, 0.3) is 0 Å². The van der Waals surface area contributed by atoms with Gasteiger partial charge in [0.1, 0.15) is 0 Å².